The van der Waals surface area contributed by atoms with Crippen LogP contribution in [-0.2, 0) is 0 Å². The first-order chi connectivity index (χ1) is 11.0. The van der Waals surface area contributed by atoms with E-state index in [4.69, 9.17) is 4.74 Å². The van der Waals surface area contributed by atoms with Gasteiger partial charge in [0.05, 0.1) is 0 Å². The summed E-state index contributed by atoms with van der Waals surface area (Å²) >= 11 is 0. The predicted molar refractivity (Wildman–Crippen MR) is 95.5 cm³/mol. The standard InChI is InChI=1S/C20H30O4/c1-11(2)14-9-16(21)13(5)17(10-14)24-19-18(22)15(12(3)4)7-8-20(19,6)23/h7,9-12,18-19,21-23H,8H2,1-6H3. The van der Waals surface area contributed by atoms with E-state index in [9.17, 15) is 15.3 Å². The molecule has 0 spiro atoms. The summed E-state index contributed by atoms with van der Waals surface area (Å²) in [6.45, 7) is 11.6. The van der Waals surface area contributed by atoms with Gasteiger partial charge in [0, 0.05) is 5.56 Å². The van der Waals surface area contributed by atoms with Crippen LogP contribution in [0, 0.1) is 12.8 Å². The highest BCUT2D eigenvalue weighted by Gasteiger charge is 2.44. The van der Waals surface area contributed by atoms with E-state index in [1.165, 1.54) is 0 Å². The molecule has 0 amide bonds. The molecule has 0 saturated carbocycles. The fraction of sp³-hybridized carbons (Fsp3) is 0.600. The van der Waals surface area contributed by atoms with Crippen LogP contribution in [0.3, 0.4) is 0 Å². The van der Waals surface area contributed by atoms with E-state index in [1.807, 2.05) is 39.8 Å². The first-order valence-corrected chi connectivity index (χ1v) is 8.65. The minimum atomic E-state index is -1.17. The van der Waals surface area contributed by atoms with Crippen LogP contribution in [0.5, 0.6) is 11.5 Å². The van der Waals surface area contributed by atoms with Crippen molar-refractivity contribution in [2.24, 2.45) is 5.92 Å². The van der Waals surface area contributed by atoms with Crippen LogP contribution >= 0.6 is 0 Å². The molecule has 24 heavy (non-hydrogen) atoms. The molecule has 3 N–H and O–H groups in total. The van der Waals surface area contributed by atoms with Crippen LogP contribution in [0.25, 0.3) is 0 Å². The summed E-state index contributed by atoms with van der Waals surface area (Å²) in [4.78, 5) is 0. The van der Waals surface area contributed by atoms with Crippen molar-refractivity contribution in [3.05, 3.63) is 34.9 Å². The van der Waals surface area contributed by atoms with Crippen molar-refractivity contribution in [1.29, 1.82) is 0 Å². The van der Waals surface area contributed by atoms with E-state index < -0.39 is 17.8 Å². The number of hydrogen-bond donors (Lipinski definition) is 3. The number of hydrogen-bond acceptors (Lipinski definition) is 4. The van der Waals surface area contributed by atoms with Gasteiger partial charge in [0.2, 0.25) is 0 Å². The summed E-state index contributed by atoms with van der Waals surface area (Å²) in [6, 6.07) is 3.62. The highest BCUT2D eigenvalue weighted by molar-refractivity contribution is 5.47. The molecule has 0 fully saturated rings. The fourth-order valence-corrected chi connectivity index (χ4v) is 3.13. The summed E-state index contributed by atoms with van der Waals surface area (Å²) in [5, 5.41) is 31.6. The van der Waals surface area contributed by atoms with Crippen LogP contribution in [0.4, 0.5) is 0 Å². The summed E-state index contributed by atoms with van der Waals surface area (Å²) in [7, 11) is 0. The fourth-order valence-electron chi connectivity index (χ4n) is 3.13. The first kappa shape index (κ1) is 18.8. The molecular weight excluding hydrogens is 304 g/mol. The molecule has 3 atom stereocenters. The Morgan fingerprint density at radius 2 is 1.79 bits per heavy atom. The van der Waals surface area contributed by atoms with Crippen LogP contribution in [0.15, 0.2) is 23.8 Å². The van der Waals surface area contributed by atoms with Crippen molar-refractivity contribution >= 4 is 0 Å². The lowest BCUT2D eigenvalue weighted by molar-refractivity contribution is -0.0992. The van der Waals surface area contributed by atoms with Crippen LogP contribution in [0.2, 0.25) is 0 Å². The zero-order valence-electron chi connectivity index (χ0n) is 15.5. The predicted octanol–water partition coefficient (Wildman–Crippen LogP) is 3.67. The van der Waals surface area contributed by atoms with E-state index in [-0.39, 0.29) is 17.6 Å². The van der Waals surface area contributed by atoms with Crippen molar-refractivity contribution in [3.63, 3.8) is 0 Å². The third kappa shape index (κ3) is 3.60. The Bertz CT molecular complexity index is 629. The second-order valence-corrected chi connectivity index (χ2v) is 7.72. The van der Waals surface area contributed by atoms with Gasteiger partial charge in [0.15, 0.2) is 6.10 Å². The molecule has 4 nitrogen and oxygen atoms in total. The Kier molecular flexibility index (Phi) is 5.31. The Balaban J connectivity index is 2.40. The van der Waals surface area contributed by atoms with Gasteiger partial charge in [-0.25, -0.2) is 0 Å². The SMILES string of the molecule is Cc1c(O)cc(C(C)C)cc1OC1C(O)C(C(C)C)=CCC1(C)O. The van der Waals surface area contributed by atoms with Crippen molar-refractivity contribution in [3.8, 4) is 11.5 Å². The lowest BCUT2D eigenvalue weighted by Gasteiger charge is -2.41. The lowest BCUT2D eigenvalue weighted by Crippen LogP contribution is -2.54. The zero-order chi connectivity index (χ0) is 18.2. The Hall–Kier alpha value is -1.52. The summed E-state index contributed by atoms with van der Waals surface area (Å²) < 4.78 is 6.06. The van der Waals surface area contributed by atoms with Gasteiger partial charge in [-0.2, -0.15) is 0 Å². The highest BCUT2D eigenvalue weighted by atomic mass is 16.5. The minimum absolute atomic E-state index is 0.167. The third-order valence-electron chi connectivity index (χ3n) is 4.93. The molecule has 1 aromatic rings. The van der Waals surface area contributed by atoms with Gasteiger partial charge in [-0.15, -0.1) is 0 Å². The van der Waals surface area contributed by atoms with Crippen LogP contribution < -0.4 is 4.74 Å². The maximum atomic E-state index is 10.7. The molecule has 0 saturated heterocycles. The average molecular weight is 334 g/mol. The van der Waals surface area contributed by atoms with Crippen LogP contribution in [0.1, 0.15) is 58.1 Å². The molecule has 0 aromatic heterocycles. The minimum Gasteiger partial charge on any atom is -0.508 e. The number of benzene rings is 1. The maximum absolute atomic E-state index is 10.7. The Morgan fingerprint density at radius 1 is 1.17 bits per heavy atom. The van der Waals surface area contributed by atoms with Gasteiger partial charge in [0.1, 0.15) is 23.2 Å². The lowest BCUT2D eigenvalue weighted by atomic mass is 9.78. The number of aromatic hydroxyl groups is 1. The van der Waals surface area contributed by atoms with E-state index in [0.29, 0.717) is 17.7 Å². The maximum Gasteiger partial charge on any atom is 0.157 e. The molecule has 0 radical (unpaired) electrons. The number of ether oxygens (including phenoxy) is 1. The van der Waals surface area contributed by atoms with Crippen molar-refractivity contribution < 1.29 is 20.1 Å². The van der Waals surface area contributed by atoms with Gasteiger partial charge < -0.3 is 20.1 Å². The van der Waals surface area contributed by atoms with Gasteiger partial charge in [0.25, 0.3) is 0 Å². The second-order valence-electron chi connectivity index (χ2n) is 7.72. The van der Waals surface area contributed by atoms with Gasteiger partial charge in [-0.3, -0.25) is 0 Å². The monoisotopic (exact) mass is 334 g/mol. The van der Waals surface area contributed by atoms with Gasteiger partial charge in [-0.1, -0.05) is 33.8 Å². The molecule has 4 heteroatoms. The summed E-state index contributed by atoms with van der Waals surface area (Å²) in [5.41, 5.74) is 1.28. The quantitative estimate of drug-likeness (QED) is 0.735. The molecule has 0 heterocycles. The molecule has 0 aliphatic heterocycles. The first-order valence-electron chi connectivity index (χ1n) is 8.65. The summed E-state index contributed by atoms with van der Waals surface area (Å²) in [5.74, 6) is 1.09. The van der Waals surface area contributed by atoms with Gasteiger partial charge >= 0.3 is 0 Å². The molecular formula is C20H30O4. The summed E-state index contributed by atoms with van der Waals surface area (Å²) in [6.07, 6.45) is 0.680. The van der Waals surface area contributed by atoms with E-state index >= 15 is 0 Å². The zero-order valence-corrected chi connectivity index (χ0v) is 15.5. The molecule has 2 rings (SSSR count). The molecule has 3 unspecified atom stereocenters. The number of rotatable bonds is 4. The largest absolute Gasteiger partial charge is 0.508 e. The molecule has 1 aromatic carbocycles. The normalized spacial score (nSPS) is 27.5. The number of aliphatic hydroxyl groups is 2. The van der Waals surface area contributed by atoms with Crippen molar-refractivity contribution in [1.82, 2.24) is 0 Å². The Morgan fingerprint density at radius 3 is 2.33 bits per heavy atom. The second kappa shape index (κ2) is 6.77. The third-order valence-corrected chi connectivity index (χ3v) is 4.93. The van der Waals surface area contributed by atoms with Crippen molar-refractivity contribution in [2.75, 3.05) is 0 Å². The topological polar surface area (TPSA) is 69.9 Å². The number of aliphatic hydroxyl groups excluding tert-OH is 1. The van der Waals surface area contributed by atoms with Crippen LogP contribution in [-0.4, -0.2) is 33.1 Å². The van der Waals surface area contributed by atoms with E-state index in [1.54, 1.807) is 19.9 Å². The molecule has 1 aliphatic carbocycles. The number of phenols is 1. The smallest absolute Gasteiger partial charge is 0.157 e. The van der Waals surface area contributed by atoms with E-state index in [2.05, 4.69) is 0 Å². The Labute approximate surface area is 144 Å². The average Bonchev–Trinajstić information content (AvgIpc) is 2.46. The van der Waals surface area contributed by atoms with Gasteiger partial charge in [-0.05, 0) is 55.4 Å². The highest BCUT2D eigenvalue weighted by Crippen LogP contribution is 2.38. The van der Waals surface area contributed by atoms with E-state index in [0.717, 1.165) is 11.1 Å². The molecule has 134 valence electrons. The van der Waals surface area contributed by atoms with Crippen molar-refractivity contribution in [2.45, 2.75) is 71.7 Å². The molecule has 1 aliphatic rings. The number of phenolic OH excluding ortho intramolecular Hbond substituents is 1. The molecule has 0 bridgehead atoms.